The number of carbonyl (C=O) groups is 1. The third-order valence-electron chi connectivity index (χ3n) is 4.93. The number of para-hydroxylation sites is 2. The number of hydrogen-bond acceptors (Lipinski definition) is 7. The van der Waals surface area contributed by atoms with E-state index in [1.165, 1.54) is 44.8 Å². The molecule has 33 heavy (non-hydrogen) atoms. The van der Waals surface area contributed by atoms with Crippen molar-refractivity contribution in [3.8, 4) is 17.2 Å². The van der Waals surface area contributed by atoms with Crippen LogP contribution in [0.25, 0.3) is 11.5 Å². The summed E-state index contributed by atoms with van der Waals surface area (Å²) in [4.78, 5) is 12.7. The summed E-state index contributed by atoms with van der Waals surface area (Å²) in [6.45, 7) is 0. The minimum absolute atomic E-state index is 0.0471. The SMILES string of the molecule is COc1ccccc1N(C)S(=O)(=O)c1ccc(C(=O)Nc2cccc(-c3nnco3)c2)cc1. The Morgan fingerprint density at radius 3 is 2.48 bits per heavy atom. The number of amides is 1. The highest BCUT2D eigenvalue weighted by molar-refractivity contribution is 7.92. The van der Waals surface area contributed by atoms with Crippen molar-refractivity contribution in [3.05, 3.63) is 84.8 Å². The Labute approximate surface area is 190 Å². The number of nitrogens with one attached hydrogen (secondary N) is 1. The minimum Gasteiger partial charge on any atom is -0.495 e. The lowest BCUT2D eigenvalue weighted by Gasteiger charge is -2.21. The van der Waals surface area contributed by atoms with Gasteiger partial charge in [-0.05, 0) is 54.6 Å². The van der Waals surface area contributed by atoms with Crippen LogP contribution in [-0.2, 0) is 10.0 Å². The first kappa shape index (κ1) is 22.0. The Bertz CT molecular complexity index is 1370. The lowest BCUT2D eigenvalue weighted by atomic mass is 10.1. The number of carbonyl (C=O) groups excluding carboxylic acids is 1. The summed E-state index contributed by atoms with van der Waals surface area (Å²) in [5, 5.41) is 10.3. The highest BCUT2D eigenvalue weighted by Gasteiger charge is 2.24. The molecule has 1 aromatic heterocycles. The Morgan fingerprint density at radius 2 is 1.79 bits per heavy atom. The number of methoxy groups -OCH3 is 1. The Hall–Kier alpha value is -4.18. The smallest absolute Gasteiger partial charge is 0.264 e. The van der Waals surface area contributed by atoms with Crippen LogP contribution in [0.15, 0.2) is 88.5 Å². The van der Waals surface area contributed by atoms with E-state index >= 15 is 0 Å². The van der Waals surface area contributed by atoms with Gasteiger partial charge in [-0.3, -0.25) is 9.10 Å². The second-order valence-corrected chi connectivity index (χ2v) is 8.92. The van der Waals surface area contributed by atoms with E-state index in [4.69, 9.17) is 9.15 Å². The molecule has 1 amide bonds. The molecule has 0 radical (unpaired) electrons. The lowest BCUT2D eigenvalue weighted by Crippen LogP contribution is -2.27. The Balaban J connectivity index is 1.52. The van der Waals surface area contributed by atoms with Gasteiger partial charge in [0.15, 0.2) is 0 Å². The summed E-state index contributed by atoms with van der Waals surface area (Å²) in [5.74, 6) is 0.377. The molecule has 10 heteroatoms. The molecule has 0 spiro atoms. The first-order valence-electron chi connectivity index (χ1n) is 9.80. The molecule has 0 aliphatic carbocycles. The molecule has 0 unspecified atom stereocenters. The maximum absolute atomic E-state index is 13.1. The van der Waals surface area contributed by atoms with Crippen molar-refractivity contribution in [2.24, 2.45) is 0 Å². The van der Waals surface area contributed by atoms with E-state index in [2.05, 4.69) is 15.5 Å². The normalized spacial score (nSPS) is 11.1. The monoisotopic (exact) mass is 464 g/mol. The number of ether oxygens (including phenoxy) is 1. The van der Waals surface area contributed by atoms with Gasteiger partial charge < -0.3 is 14.5 Å². The topological polar surface area (TPSA) is 115 Å². The van der Waals surface area contributed by atoms with Crippen LogP contribution < -0.4 is 14.4 Å². The Kier molecular flexibility index (Phi) is 6.09. The number of rotatable bonds is 7. The fraction of sp³-hybridized carbons (Fsp3) is 0.0870. The van der Waals surface area contributed by atoms with Crippen molar-refractivity contribution in [1.29, 1.82) is 0 Å². The largest absolute Gasteiger partial charge is 0.495 e. The molecule has 0 aliphatic rings. The van der Waals surface area contributed by atoms with Gasteiger partial charge in [-0.15, -0.1) is 10.2 Å². The van der Waals surface area contributed by atoms with Gasteiger partial charge in [-0.1, -0.05) is 18.2 Å². The van der Waals surface area contributed by atoms with Crippen molar-refractivity contribution < 1.29 is 22.4 Å². The number of aromatic nitrogens is 2. The first-order valence-corrected chi connectivity index (χ1v) is 11.2. The van der Waals surface area contributed by atoms with E-state index in [9.17, 15) is 13.2 Å². The minimum atomic E-state index is -3.86. The summed E-state index contributed by atoms with van der Waals surface area (Å²) in [6.07, 6.45) is 1.22. The molecule has 9 nitrogen and oxygen atoms in total. The number of benzene rings is 3. The molecule has 0 aliphatic heterocycles. The lowest BCUT2D eigenvalue weighted by molar-refractivity contribution is 0.102. The molecule has 1 heterocycles. The van der Waals surface area contributed by atoms with E-state index in [0.717, 1.165) is 4.31 Å². The van der Waals surface area contributed by atoms with E-state index in [1.807, 2.05) is 0 Å². The first-order chi connectivity index (χ1) is 15.9. The number of nitrogens with zero attached hydrogens (tertiary/aromatic N) is 3. The molecule has 3 aromatic carbocycles. The second kappa shape index (κ2) is 9.13. The van der Waals surface area contributed by atoms with E-state index in [0.29, 0.717) is 34.1 Å². The highest BCUT2D eigenvalue weighted by Crippen LogP contribution is 2.31. The maximum atomic E-state index is 13.1. The zero-order chi connectivity index (χ0) is 23.4. The summed E-state index contributed by atoms with van der Waals surface area (Å²) in [7, 11) is -0.933. The molecule has 0 bridgehead atoms. The molecule has 1 N–H and O–H groups in total. The zero-order valence-electron chi connectivity index (χ0n) is 17.8. The summed E-state index contributed by atoms with van der Waals surface area (Å²) in [5.41, 5.74) is 1.90. The van der Waals surface area contributed by atoms with Crippen LogP contribution in [0.1, 0.15) is 10.4 Å². The van der Waals surface area contributed by atoms with Gasteiger partial charge >= 0.3 is 0 Å². The van der Waals surface area contributed by atoms with Crippen LogP contribution >= 0.6 is 0 Å². The fourth-order valence-corrected chi connectivity index (χ4v) is 4.39. The van der Waals surface area contributed by atoms with Crippen LogP contribution in [0.4, 0.5) is 11.4 Å². The van der Waals surface area contributed by atoms with Crippen molar-refractivity contribution >= 4 is 27.3 Å². The van der Waals surface area contributed by atoms with E-state index in [1.54, 1.807) is 48.5 Å². The second-order valence-electron chi connectivity index (χ2n) is 6.95. The van der Waals surface area contributed by atoms with Gasteiger partial charge in [0.05, 0.1) is 17.7 Å². The maximum Gasteiger partial charge on any atom is 0.264 e. The molecular weight excluding hydrogens is 444 g/mol. The predicted molar refractivity (Wildman–Crippen MR) is 123 cm³/mol. The van der Waals surface area contributed by atoms with Gasteiger partial charge in [-0.2, -0.15) is 0 Å². The molecule has 0 saturated carbocycles. The summed E-state index contributed by atoms with van der Waals surface area (Å²) < 4.78 is 37.7. The molecule has 0 atom stereocenters. The predicted octanol–water partition coefficient (Wildman–Crippen LogP) is 3.82. The van der Waals surface area contributed by atoms with Crippen LogP contribution in [0.5, 0.6) is 5.75 Å². The summed E-state index contributed by atoms with van der Waals surface area (Å²) in [6, 6.07) is 19.5. The Morgan fingerprint density at radius 1 is 1.03 bits per heavy atom. The van der Waals surface area contributed by atoms with Crippen molar-refractivity contribution in [3.63, 3.8) is 0 Å². The van der Waals surface area contributed by atoms with Crippen LogP contribution in [0.3, 0.4) is 0 Å². The van der Waals surface area contributed by atoms with Gasteiger partial charge in [0, 0.05) is 23.9 Å². The molecular formula is C23H20N4O5S. The number of anilines is 2. The van der Waals surface area contributed by atoms with E-state index in [-0.39, 0.29) is 10.8 Å². The van der Waals surface area contributed by atoms with Gasteiger partial charge in [0.1, 0.15) is 5.75 Å². The van der Waals surface area contributed by atoms with Crippen molar-refractivity contribution in [2.75, 3.05) is 23.8 Å². The molecule has 4 rings (SSSR count). The van der Waals surface area contributed by atoms with Crippen LogP contribution in [0, 0.1) is 0 Å². The quantitative estimate of drug-likeness (QED) is 0.442. The zero-order valence-corrected chi connectivity index (χ0v) is 18.6. The van der Waals surface area contributed by atoms with Gasteiger partial charge in [0.25, 0.3) is 15.9 Å². The average molecular weight is 465 g/mol. The molecule has 0 fully saturated rings. The van der Waals surface area contributed by atoms with Crippen LogP contribution in [0.2, 0.25) is 0 Å². The van der Waals surface area contributed by atoms with E-state index < -0.39 is 10.0 Å². The molecule has 4 aromatic rings. The highest BCUT2D eigenvalue weighted by atomic mass is 32.2. The number of sulfonamides is 1. The average Bonchev–Trinajstić information content (AvgIpc) is 3.39. The summed E-state index contributed by atoms with van der Waals surface area (Å²) >= 11 is 0. The van der Waals surface area contributed by atoms with Crippen LogP contribution in [-0.4, -0.2) is 38.7 Å². The standard InChI is InChI=1S/C23H20N4O5S/c1-27(20-8-3-4-9-21(20)31-2)33(29,30)19-12-10-16(11-13-19)22(28)25-18-7-5-6-17(14-18)23-26-24-15-32-23/h3-15H,1-2H3,(H,25,28). The fourth-order valence-electron chi connectivity index (χ4n) is 3.19. The van der Waals surface area contributed by atoms with Crippen molar-refractivity contribution in [1.82, 2.24) is 10.2 Å². The molecule has 0 saturated heterocycles. The number of hydrogen-bond donors (Lipinski definition) is 1. The van der Waals surface area contributed by atoms with Gasteiger partial charge in [0.2, 0.25) is 12.3 Å². The third kappa shape index (κ3) is 4.55. The van der Waals surface area contributed by atoms with Gasteiger partial charge in [-0.25, -0.2) is 8.42 Å². The molecule has 168 valence electrons. The third-order valence-corrected chi connectivity index (χ3v) is 6.71. The van der Waals surface area contributed by atoms with Crippen molar-refractivity contribution in [2.45, 2.75) is 4.90 Å².